The summed E-state index contributed by atoms with van der Waals surface area (Å²) in [7, 11) is 0. The summed E-state index contributed by atoms with van der Waals surface area (Å²) in [6.45, 7) is 5.73. The zero-order valence-electron chi connectivity index (χ0n) is 9.65. The fourth-order valence-corrected chi connectivity index (χ4v) is 2.26. The van der Waals surface area contributed by atoms with E-state index in [1.54, 1.807) is 4.57 Å². The summed E-state index contributed by atoms with van der Waals surface area (Å²) in [6, 6.07) is 0.0707. The molecule has 6 nitrogen and oxygen atoms in total. The Labute approximate surface area is 98.1 Å². The monoisotopic (exact) mass is 243 g/mol. The second kappa shape index (κ2) is 5.20. The molecule has 90 valence electrons. The van der Waals surface area contributed by atoms with Crippen LogP contribution in [0, 0.1) is 11.3 Å². The smallest absolute Gasteiger partial charge is 0.344 e. The normalized spacial score (nSPS) is 13.0. The molecule has 1 aromatic rings. The Bertz CT molecular complexity index is 422. The minimum Gasteiger partial charge on any atom is -0.387 e. The van der Waals surface area contributed by atoms with Gasteiger partial charge >= 0.3 is 5.69 Å². The highest BCUT2D eigenvalue weighted by molar-refractivity contribution is 7.99. The third-order valence-corrected chi connectivity index (χ3v) is 3.39. The molecular weight excluding hydrogens is 226 g/mol. The van der Waals surface area contributed by atoms with Crippen molar-refractivity contribution in [3.8, 4) is 0 Å². The summed E-state index contributed by atoms with van der Waals surface area (Å²) in [5.41, 5.74) is 5.18. The van der Waals surface area contributed by atoms with Crippen molar-refractivity contribution in [3.63, 3.8) is 0 Å². The van der Waals surface area contributed by atoms with Crippen LogP contribution in [0.25, 0.3) is 0 Å². The molecule has 0 fully saturated rings. The van der Waals surface area contributed by atoms with Crippen molar-refractivity contribution in [2.75, 3.05) is 5.75 Å². The van der Waals surface area contributed by atoms with Gasteiger partial charge < -0.3 is 5.73 Å². The number of H-pyrrole nitrogens is 1. The zero-order valence-corrected chi connectivity index (χ0v) is 10.5. The lowest BCUT2D eigenvalue weighted by Gasteiger charge is -2.11. The van der Waals surface area contributed by atoms with Crippen LogP contribution in [-0.4, -0.2) is 26.4 Å². The first kappa shape index (κ1) is 12.8. The van der Waals surface area contributed by atoms with Gasteiger partial charge in [0.2, 0.25) is 0 Å². The number of hydrogen-bond acceptors (Lipinski definition) is 4. The summed E-state index contributed by atoms with van der Waals surface area (Å²) in [5, 5.41) is 14.3. The summed E-state index contributed by atoms with van der Waals surface area (Å²) >= 11 is 1.43. The number of aromatic amines is 1. The van der Waals surface area contributed by atoms with Gasteiger partial charge in [0.15, 0.2) is 5.16 Å². The van der Waals surface area contributed by atoms with Gasteiger partial charge in [-0.3, -0.25) is 9.98 Å². The van der Waals surface area contributed by atoms with Crippen LogP contribution in [-0.2, 0) is 0 Å². The minimum atomic E-state index is -0.201. The van der Waals surface area contributed by atoms with E-state index in [0.29, 0.717) is 10.9 Å². The Kier molecular flexibility index (Phi) is 4.17. The molecule has 0 bridgehead atoms. The molecule has 4 N–H and O–H groups in total. The number of nitrogens with zero attached hydrogens (tertiary/aromatic N) is 2. The maximum absolute atomic E-state index is 11.4. The third-order valence-electron chi connectivity index (χ3n) is 2.18. The van der Waals surface area contributed by atoms with Crippen LogP contribution in [0.3, 0.4) is 0 Å². The summed E-state index contributed by atoms with van der Waals surface area (Å²) in [5.74, 6) is 0.783. The minimum absolute atomic E-state index is 0.0163. The molecule has 0 spiro atoms. The maximum atomic E-state index is 11.4. The van der Waals surface area contributed by atoms with Crippen molar-refractivity contribution < 1.29 is 0 Å². The number of rotatable bonds is 5. The van der Waals surface area contributed by atoms with Gasteiger partial charge in [0, 0.05) is 17.7 Å². The van der Waals surface area contributed by atoms with Gasteiger partial charge in [0.25, 0.3) is 0 Å². The van der Waals surface area contributed by atoms with Crippen molar-refractivity contribution >= 4 is 17.6 Å². The summed E-state index contributed by atoms with van der Waals surface area (Å²) in [4.78, 5) is 11.4. The largest absolute Gasteiger partial charge is 0.387 e. The van der Waals surface area contributed by atoms with Gasteiger partial charge in [0.05, 0.1) is 5.84 Å². The second-order valence-electron chi connectivity index (χ2n) is 3.94. The van der Waals surface area contributed by atoms with E-state index in [0.717, 1.165) is 0 Å². The highest BCUT2D eigenvalue weighted by Crippen LogP contribution is 2.19. The van der Waals surface area contributed by atoms with E-state index in [9.17, 15) is 4.79 Å². The Morgan fingerprint density at radius 3 is 2.75 bits per heavy atom. The molecule has 0 aliphatic carbocycles. The average Bonchev–Trinajstić information content (AvgIpc) is 2.55. The highest BCUT2D eigenvalue weighted by atomic mass is 32.2. The van der Waals surface area contributed by atoms with Crippen molar-refractivity contribution in [1.29, 1.82) is 5.41 Å². The molecule has 0 aliphatic rings. The van der Waals surface area contributed by atoms with E-state index in [2.05, 4.69) is 10.2 Å². The molecule has 7 heteroatoms. The standard InChI is InChI=1S/C9H17N5OS/c1-5(2)14-8(15)12-13-9(14)16-4-6(3)7(10)11/h5-6H,4H2,1-3H3,(H3,10,11)(H,12,15). The lowest BCUT2D eigenvalue weighted by atomic mass is 10.2. The fraction of sp³-hybridized carbons (Fsp3) is 0.667. The van der Waals surface area contributed by atoms with E-state index in [-0.39, 0.29) is 23.5 Å². The van der Waals surface area contributed by atoms with Crippen LogP contribution in [0.5, 0.6) is 0 Å². The second-order valence-corrected chi connectivity index (χ2v) is 4.93. The van der Waals surface area contributed by atoms with Crippen molar-refractivity contribution in [1.82, 2.24) is 14.8 Å². The molecule has 1 heterocycles. The van der Waals surface area contributed by atoms with Gasteiger partial charge in [0.1, 0.15) is 0 Å². The zero-order chi connectivity index (χ0) is 12.3. The predicted octanol–water partition coefficient (Wildman–Crippen LogP) is 0.816. The number of aromatic nitrogens is 3. The molecule has 0 aromatic carbocycles. The Balaban J connectivity index is 2.75. The van der Waals surface area contributed by atoms with Crippen molar-refractivity contribution in [2.24, 2.45) is 11.7 Å². The maximum Gasteiger partial charge on any atom is 0.344 e. The molecule has 1 atom stereocenters. The summed E-state index contributed by atoms with van der Waals surface area (Å²) < 4.78 is 1.59. The van der Waals surface area contributed by atoms with E-state index >= 15 is 0 Å². The van der Waals surface area contributed by atoms with Crippen molar-refractivity contribution in [2.45, 2.75) is 32.0 Å². The SMILES string of the molecule is CC(CSc1n[nH]c(=O)n1C(C)C)C(=N)N. The van der Waals surface area contributed by atoms with Gasteiger partial charge in [-0.15, -0.1) is 5.10 Å². The Hall–Kier alpha value is -1.24. The lowest BCUT2D eigenvalue weighted by molar-refractivity contribution is 0.533. The molecule has 1 rings (SSSR count). The molecular formula is C9H17N5OS. The molecule has 0 amide bonds. The van der Waals surface area contributed by atoms with E-state index in [4.69, 9.17) is 11.1 Å². The Morgan fingerprint density at radius 2 is 2.25 bits per heavy atom. The molecule has 1 unspecified atom stereocenters. The van der Waals surface area contributed by atoms with Crippen LogP contribution in [0.1, 0.15) is 26.8 Å². The quantitative estimate of drug-likeness (QED) is 0.405. The van der Waals surface area contributed by atoms with Crippen LogP contribution in [0.15, 0.2) is 9.95 Å². The van der Waals surface area contributed by atoms with E-state index in [1.807, 2.05) is 20.8 Å². The van der Waals surface area contributed by atoms with Crippen LogP contribution in [0.4, 0.5) is 0 Å². The number of amidine groups is 1. The summed E-state index contributed by atoms with van der Waals surface area (Å²) in [6.07, 6.45) is 0. The van der Waals surface area contributed by atoms with Gasteiger partial charge in [-0.2, -0.15) is 0 Å². The molecule has 0 saturated heterocycles. The van der Waals surface area contributed by atoms with Crippen molar-refractivity contribution in [3.05, 3.63) is 10.5 Å². The van der Waals surface area contributed by atoms with E-state index in [1.165, 1.54) is 11.8 Å². The molecule has 0 radical (unpaired) electrons. The highest BCUT2D eigenvalue weighted by Gasteiger charge is 2.14. The topological polar surface area (TPSA) is 101 Å². The number of nitrogens with two attached hydrogens (primary N) is 1. The Morgan fingerprint density at radius 1 is 1.62 bits per heavy atom. The van der Waals surface area contributed by atoms with Crippen LogP contribution >= 0.6 is 11.8 Å². The average molecular weight is 243 g/mol. The van der Waals surface area contributed by atoms with Gasteiger partial charge in [-0.05, 0) is 13.8 Å². The molecule has 0 aliphatic heterocycles. The third kappa shape index (κ3) is 2.88. The van der Waals surface area contributed by atoms with Crippen LogP contribution in [0.2, 0.25) is 0 Å². The van der Waals surface area contributed by atoms with Gasteiger partial charge in [-0.25, -0.2) is 9.89 Å². The van der Waals surface area contributed by atoms with Crippen LogP contribution < -0.4 is 11.4 Å². The first-order chi connectivity index (χ1) is 7.43. The molecule has 0 saturated carbocycles. The number of hydrogen-bond donors (Lipinski definition) is 3. The first-order valence-corrected chi connectivity index (χ1v) is 6.05. The predicted molar refractivity (Wildman–Crippen MR) is 65.0 cm³/mol. The molecule has 1 aromatic heterocycles. The molecule has 16 heavy (non-hydrogen) atoms. The number of thioether (sulfide) groups is 1. The number of nitrogens with one attached hydrogen (secondary N) is 2. The first-order valence-electron chi connectivity index (χ1n) is 5.07. The lowest BCUT2D eigenvalue weighted by Crippen LogP contribution is -2.22. The van der Waals surface area contributed by atoms with Gasteiger partial charge in [-0.1, -0.05) is 18.7 Å². The fourth-order valence-electron chi connectivity index (χ4n) is 1.14. The van der Waals surface area contributed by atoms with E-state index < -0.39 is 0 Å².